The molecule has 2 saturated carbocycles. The Morgan fingerprint density at radius 2 is 1.07 bits per heavy atom. The molecule has 0 saturated heterocycles. The van der Waals surface area contributed by atoms with Gasteiger partial charge in [-0.1, -0.05) is 148 Å². The molecule has 0 amide bonds. The normalized spacial score (nSPS) is 18.2. The summed E-state index contributed by atoms with van der Waals surface area (Å²) in [5, 5.41) is 4.63. The van der Waals surface area contributed by atoms with Gasteiger partial charge in [0.15, 0.2) is 0 Å². The smallest absolute Gasteiger partial charge is 0.0707 e. The molecule has 0 aliphatic heterocycles. The van der Waals surface area contributed by atoms with Crippen molar-refractivity contribution in [3.63, 3.8) is 0 Å². The molecular formula is C40H50N3P. The Kier molecular flexibility index (Phi) is 10.5. The van der Waals surface area contributed by atoms with E-state index in [0.717, 1.165) is 0 Å². The molecular weight excluding hydrogens is 553 g/mol. The zero-order chi connectivity index (χ0) is 30.2. The highest BCUT2D eigenvalue weighted by molar-refractivity contribution is 7.66. The molecule has 2 aliphatic rings. The van der Waals surface area contributed by atoms with Gasteiger partial charge < -0.3 is 4.90 Å². The second-order valence-electron chi connectivity index (χ2n) is 13.1. The van der Waals surface area contributed by atoms with E-state index < -0.39 is 7.21 Å². The van der Waals surface area contributed by atoms with Gasteiger partial charge in [0.05, 0.1) is 17.8 Å². The van der Waals surface area contributed by atoms with Crippen molar-refractivity contribution in [3.05, 3.63) is 126 Å². The van der Waals surface area contributed by atoms with Crippen LogP contribution in [0.3, 0.4) is 0 Å². The summed E-state index contributed by atoms with van der Waals surface area (Å²) in [5.41, 5.74) is 7.61. The second-order valence-corrected chi connectivity index (χ2v) is 16.5. The van der Waals surface area contributed by atoms with Gasteiger partial charge in [-0.2, -0.15) is 0 Å². The van der Waals surface area contributed by atoms with Gasteiger partial charge in [0.2, 0.25) is 0 Å². The summed E-state index contributed by atoms with van der Waals surface area (Å²) in [6, 6.07) is 42.6. The Balaban J connectivity index is 1.59. The fourth-order valence-electron chi connectivity index (χ4n) is 7.90. The molecule has 6 rings (SSSR count). The number of hydrogen-bond acceptors (Lipinski definition) is 2. The molecule has 2 fully saturated rings. The van der Waals surface area contributed by atoms with E-state index in [2.05, 4.69) is 139 Å². The van der Waals surface area contributed by atoms with Crippen molar-refractivity contribution in [3.8, 4) is 11.1 Å². The summed E-state index contributed by atoms with van der Waals surface area (Å²) < 4.78 is 6.20. The molecule has 4 aromatic carbocycles. The van der Waals surface area contributed by atoms with Gasteiger partial charge in [-0.3, -0.25) is 9.83 Å². The van der Waals surface area contributed by atoms with E-state index in [0.29, 0.717) is 11.3 Å². The summed E-state index contributed by atoms with van der Waals surface area (Å²) in [4.78, 5) is 2.42. The molecule has 4 aromatic rings. The molecule has 0 bridgehead atoms. The average Bonchev–Trinajstić information content (AvgIpc) is 3.09. The summed E-state index contributed by atoms with van der Waals surface area (Å²) in [7, 11) is 2.39. The van der Waals surface area contributed by atoms with Crippen molar-refractivity contribution in [2.24, 2.45) is 4.74 Å². The van der Waals surface area contributed by atoms with Crippen molar-refractivity contribution in [2.75, 3.05) is 14.1 Å². The summed E-state index contributed by atoms with van der Waals surface area (Å²) >= 11 is 0. The van der Waals surface area contributed by atoms with Gasteiger partial charge >= 0.3 is 0 Å². The van der Waals surface area contributed by atoms with Crippen LogP contribution in [0.5, 0.6) is 0 Å². The Bertz CT molecular complexity index is 1470. The maximum Gasteiger partial charge on any atom is 0.0707 e. The zero-order valence-electron chi connectivity index (χ0n) is 26.7. The topological polar surface area (TPSA) is 27.6 Å². The molecule has 2 atom stereocenters. The van der Waals surface area contributed by atoms with Crippen LogP contribution in [0.2, 0.25) is 0 Å². The third kappa shape index (κ3) is 6.96. The van der Waals surface area contributed by atoms with E-state index in [9.17, 15) is 0 Å². The van der Waals surface area contributed by atoms with Crippen LogP contribution in [-0.2, 0) is 0 Å². The number of hydrogen-bond donors (Lipinski definition) is 1. The van der Waals surface area contributed by atoms with Crippen LogP contribution in [0.25, 0.3) is 11.1 Å². The largest absolute Gasteiger partial charge is 0.301 e. The molecule has 4 heteroatoms. The lowest BCUT2D eigenvalue weighted by molar-refractivity contribution is 0.248. The van der Waals surface area contributed by atoms with E-state index in [1.807, 2.05) is 0 Å². The van der Waals surface area contributed by atoms with Gasteiger partial charge in [0.1, 0.15) is 0 Å². The minimum Gasteiger partial charge on any atom is -0.301 e. The van der Waals surface area contributed by atoms with Gasteiger partial charge in [-0.15, -0.1) is 0 Å². The fraction of sp³-hybridized carbons (Fsp3) is 0.400. The van der Waals surface area contributed by atoms with Crippen LogP contribution >= 0.6 is 7.21 Å². The summed E-state index contributed by atoms with van der Waals surface area (Å²) in [6.07, 6.45) is 13.1. The van der Waals surface area contributed by atoms with Crippen LogP contribution in [-0.4, -0.2) is 30.3 Å². The number of nitrogens with one attached hydrogen (secondary N) is 1. The first kappa shape index (κ1) is 31.0. The van der Waals surface area contributed by atoms with Crippen LogP contribution < -0.4 is 5.09 Å². The molecule has 2 aliphatic carbocycles. The lowest BCUT2D eigenvalue weighted by atomic mass is 9.93. The van der Waals surface area contributed by atoms with Crippen LogP contribution in [0.4, 0.5) is 5.69 Å². The third-order valence-electron chi connectivity index (χ3n) is 10.0. The molecule has 0 heterocycles. The molecule has 0 unspecified atom stereocenters. The van der Waals surface area contributed by atoms with Crippen molar-refractivity contribution in [1.82, 2.24) is 9.99 Å². The van der Waals surface area contributed by atoms with Crippen LogP contribution in [0, 0.1) is 0 Å². The quantitative estimate of drug-likeness (QED) is 0.183. The Morgan fingerprint density at radius 3 is 1.61 bits per heavy atom. The van der Waals surface area contributed by atoms with E-state index in [1.54, 1.807) is 0 Å². The van der Waals surface area contributed by atoms with Gasteiger partial charge in [-0.05, 0) is 62.5 Å². The highest BCUT2D eigenvalue weighted by Gasteiger charge is 2.43. The first-order valence-corrected chi connectivity index (χ1v) is 18.8. The van der Waals surface area contributed by atoms with Gasteiger partial charge in [-0.25, -0.2) is 0 Å². The average molecular weight is 604 g/mol. The number of benzene rings is 4. The van der Waals surface area contributed by atoms with Gasteiger partial charge in [0.25, 0.3) is 0 Å². The molecule has 0 radical (unpaired) electrons. The minimum atomic E-state index is -2.10. The molecule has 0 spiro atoms. The maximum atomic E-state index is 6.20. The van der Waals surface area contributed by atoms with Crippen molar-refractivity contribution >= 4 is 12.9 Å². The van der Waals surface area contributed by atoms with E-state index in [4.69, 9.17) is 4.74 Å². The lowest BCUT2D eigenvalue weighted by Gasteiger charge is -2.47. The standard InChI is InChI=1S/C40H50N3P/c1-43(2)40(34-24-12-5-13-25-34)39(33-22-10-4-11-23-33)42-44(35-26-14-6-15-27-35,36-28-16-7-17-29-36)41-38-31-19-18-30-37(38)32-20-8-3-9-21-32/h3-5,8-13,18-25,30-31,35-36,39-40,42H,6-7,14-17,26-29H2,1-2H3/t39-,40-/m1/s1. The predicted molar refractivity (Wildman–Crippen MR) is 190 cm³/mol. The number of rotatable bonds is 10. The van der Waals surface area contributed by atoms with Crippen molar-refractivity contribution in [1.29, 1.82) is 0 Å². The maximum absolute atomic E-state index is 6.20. The van der Waals surface area contributed by atoms with Gasteiger partial charge in [0, 0.05) is 24.1 Å². The molecule has 3 nitrogen and oxygen atoms in total. The number of likely N-dealkylation sites (N-methyl/N-ethyl adjacent to an activating group) is 1. The Labute approximate surface area is 266 Å². The zero-order valence-corrected chi connectivity index (χ0v) is 27.6. The molecule has 44 heavy (non-hydrogen) atoms. The lowest BCUT2D eigenvalue weighted by Crippen LogP contribution is -2.39. The predicted octanol–water partition coefficient (Wildman–Crippen LogP) is 11.4. The molecule has 0 aromatic heterocycles. The van der Waals surface area contributed by atoms with Crippen molar-refractivity contribution < 1.29 is 0 Å². The minimum absolute atomic E-state index is 0.124. The number of nitrogens with zero attached hydrogens (tertiary/aromatic N) is 2. The third-order valence-corrected chi connectivity index (χ3v) is 14.5. The molecule has 230 valence electrons. The molecule has 1 N–H and O–H groups in total. The first-order valence-electron chi connectivity index (χ1n) is 17.0. The van der Waals surface area contributed by atoms with E-state index in [-0.39, 0.29) is 12.1 Å². The fourth-order valence-corrected chi connectivity index (χ4v) is 12.9. The monoisotopic (exact) mass is 603 g/mol. The SMILES string of the molecule is CN(C)[C@H](c1ccccc1)[C@H](NP(=Nc1ccccc1-c1ccccc1)(C1CCCCC1)C1CCCCC1)c1ccccc1. The second kappa shape index (κ2) is 14.9. The van der Waals surface area contributed by atoms with E-state index in [1.165, 1.54) is 92.1 Å². The summed E-state index contributed by atoms with van der Waals surface area (Å²) in [5.74, 6) is 0. The first-order chi connectivity index (χ1) is 21.7. The van der Waals surface area contributed by atoms with Crippen molar-refractivity contribution in [2.45, 2.75) is 87.6 Å². The van der Waals surface area contributed by atoms with Crippen LogP contribution in [0.15, 0.2) is 120 Å². The van der Waals surface area contributed by atoms with E-state index >= 15 is 0 Å². The Hall–Kier alpha value is -2.97. The highest BCUT2D eigenvalue weighted by atomic mass is 31.2. The summed E-state index contributed by atoms with van der Waals surface area (Å²) in [6.45, 7) is 0. The highest BCUT2D eigenvalue weighted by Crippen LogP contribution is 2.66. The Morgan fingerprint density at radius 1 is 0.591 bits per heavy atom. The van der Waals surface area contributed by atoms with Crippen LogP contribution in [0.1, 0.15) is 87.4 Å².